The first-order valence-electron chi connectivity index (χ1n) is 5.96. The minimum Gasteiger partial charge on any atom is -0.369 e. The van der Waals surface area contributed by atoms with Crippen molar-refractivity contribution in [2.45, 2.75) is 13.2 Å². The Kier molecular flexibility index (Phi) is 2.27. The van der Waals surface area contributed by atoms with Gasteiger partial charge in [-0.1, -0.05) is 0 Å². The molecule has 0 aromatic heterocycles. The molecule has 1 N–H and O–H groups in total. The smallest absolute Gasteiger partial charge is 0.261 e. The molecule has 19 heavy (non-hydrogen) atoms. The number of carbonyl (C=O) groups is 3. The standard InChI is InChI=1S/C13H12N2O4/c1-3-15-12(18)8-4-6-7(5-9(8)13(15)19)11(17)14(2)10(6)16/h4-5,10,16H,3H2,1-2H3. The number of aliphatic hydroxyl groups is 1. The van der Waals surface area contributed by atoms with Gasteiger partial charge in [0.25, 0.3) is 17.7 Å². The van der Waals surface area contributed by atoms with Crippen LogP contribution in [0.3, 0.4) is 0 Å². The van der Waals surface area contributed by atoms with Crippen LogP contribution in [0.1, 0.15) is 49.8 Å². The molecule has 3 amide bonds. The average molecular weight is 260 g/mol. The molecule has 2 aliphatic rings. The highest BCUT2D eigenvalue weighted by Gasteiger charge is 2.40. The van der Waals surface area contributed by atoms with E-state index in [1.165, 1.54) is 24.1 Å². The van der Waals surface area contributed by atoms with E-state index in [9.17, 15) is 19.5 Å². The minimum atomic E-state index is -1.06. The van der Waals surface area contributed by atoms with Gasteiger partial charge in [-0.25, -0.2) is 0 Å². The summed E-state index contributed by atoms with van der Waals surface area (Å²) in [5, 5.41) is 9.92. The number of aliphatic hydroxyl groups excluding tert-OH is 1. The highest BCUT2D eigenvalue weighted by Crippen LogP contribution is 2.35. The van der Waals surface area contributed by atoms with Crippen LogP contribution < -0.4 is 0 Å². The lowest BCUT2D eigenvalue weighted by atomic mass is 10.0. The van der Waals surface area contributed by atoms with Gasteiger partial charge in [-0.15, -0.1) is 0 Å². The van der Waals surface area contributed by atoms with Gasteiger partial charge in [0.15, 0.2) is 6.23 Å². The molecule has 6 heteroatoms. The molecule has 0 bridgehead atoms. The second kappa shape index (κ2) is 3.64. The van der Waals surface area contributed by atoms with Gasteiger partial charge >= 0.3 is 0 Å². The minimum absolute atomic E-state index is 0.237. The van der Waals surface area contributed by atoms with Crippen LogP contribution in [0.25, 0.3) is 0 Å². The first-order valence-corrected chi connectivity index (χ1v) is 5.96. The molecule has 1 atom stereocenters. The van der Waals surface area contributed by atoms with E-state index in [4.69, 9.17) is 0 Å². The Morgan fingerprint density at radius 1 is 1.05 bits per heavy atom. The first-order chi connectivity index (χ1) is 8.97. The summed E-state index contributed by atoms with van der Waals surface area (Å²) in [6, 6.07) is 2.86. The third-order valence-corrected chi connectivity index (χ3v) is 3.65. The molecule has 0 aliphatic carbocycles. The Morgan fingerprint density at radius 2 is 1.63 bits per heavy atom. The maximum Gasteiger partial charge on any atom is 0.261 e. The molecule has 0 saturated carbocycles. The lowest BCUT2D eigenvalue weighted by molar-refractivity contribution is 0.0301. The van der Waals surface area contributed by atoms with Crippen LogP contribution in [0, 0.1) is 0 Å². The van der Waals surface area contributed by atoms with Crippen LogP contribution in [0.4, 0.5) is 0 Å². The number of rotatable bonds is 1. The molecule has 2 heterocycles. The molecule has 3 rings (SSSR count). The number of imide groups is 1. The van der Waals surface area contributed by atoms with Gasteiger partial charge in [0.2, 0.25) is 0 Å². The van der Waals surface area contributed by atoms with Gasteiger partial charge in [0.05, 0.1) is 11.1 Å². The van der Waals surface area contributed by atoms with Crippen molar-refractivity contribution in [3.63, 3.8) is 0 Å². The summed E-state index contributed by atoms with van der Waals surface area (Å²) >= 11 is 0. The maximum atomic E-state index is 12.0. The van der Waals surface area contributed by atoms with Crippen molar-refractivity contribution in [2.75, 3.05) is 13.6 Å². The average Bonchev–Trinajstić information content (AvgIpc) is 2.77. The van der Waals surface area contributed by atoms with Crippen molar-refractivity contribution in [3.05, 3.63) is 34.4 Å². The molecule has 0 fully saturated rings. The molecule has 2 aliphatic heterocycles. The van der Waals surface area contributed by atoms with E-state index < -0.39 is 6.23 Å². The number of benzene rings is 1. The predicted molar refractivity (Wildman–Crippen MR) is 64.5 cm³/mol. The topological polar surface area (TPSA) is 77.9 Å². The highest BCUT2D eigenvalue weighted by molar-refractivity contribution is 6.22. The molecule has 0 saturated heterocycles. The van der Waals surface area contributed by atoms with Crippen molar-refractivity contribution in [2.24, 2.45) is 0 Å². The summed E-state index contributed by atoms with van der Waals surface area (Å²) < 4.78 is 0. The van der Waals surface area contributed by atoms with E-state index in [0.717, 1.165) is 4.90 Å². The molecule has 1 aromatic rings. The van der Waals surface area contributed by atoms with Gasteiger partial charge < -0.3 is 10.0 Å². The summed E-state index contributed by atoms with van der Waals surface area (Å²) in [5.74, 6) is -1.11. The summed E-state index contributed by atoms with van der Waals surface area (Å²) in [7, 11) is 1.47. The number of fused-ring (bicyclic) bond motifs is 2. The lowest BCUT2D eigenvalue weighted by Gasteiger charge is -2.13. The fraction of sp³-hybridized carbons (Fsp3) is 0.308. The number of nitrogens with zero attached hydrogens (tertiary/aromatic N) is 2. The fourth-order valence-electron chi connectivity index (χ4n) is 2.55. The van der Waals surface area contributed by atoms with Crippen LogP contribution in [-0.4, -0.2) is 46.2 Å². The van der Waals surface area contributed by atoms with Crippen LogP contribution >= 0.6 is 0 Å². The Balaban J connectivity index is 2.21. The van der Waals surface area contributed by atoms with Crippen molar-refractivity contribution in [3.8, 4) is 0 Å². The zero-order chi connectivity index (χ0) is 13.9. The Labute approximate surface area is 109 Å². The van der Waals surface area contributed by atoms with Gasteiger partial charge in [0.1, 0.15) is 0 Å². The van der Waals surface area contributed by atoms with Crippen LogP contribution in [0.2, 0.25) is 0 Å². The Morgan fingerprint density at radius 3 is 2.21 bits per heavy atom. The third-order valence-electron chi connectivity index (χ3n) is 3.65. The molecule has 6 nitrogen and oxygen atoms in total. The number of hydrogen-bond donors (Lipinski definition) is 1. The van der Waals surface area contributed by atoms with Crippen molar-refractivity contribution in [1.29, 1.82) is 0 Å². The van der Waals surface area contributed by atoms with Crippen molar-refractivity contribution >= 4 is 17.7 Å². The molecular formula is C13H12N2O4. The Bertz CT molecular complexity index is 638. The van der Waals surface area contributed by atoms with Crippen LogP contribution in [-0.2, 0) is 0 Å². The molecule has 98 valence electrons. The fourth-order valence-corrected chi connectivity index (χ4v) is 2.55. The zero-order valence-electron chi connectivity index (χ0n) is 10.5. The highest BCUT2D eigenvalue weighted by atomic mass is 16.3. The van der Waals surface area contributed by atoms with E-state index in [0.29, 0.717) is 5.56 Å². The van der Waals surface area contributed by atoms with Crippen LogP contribution in [0.5, 0.6) is 0 Å². The second-order valence-electron chi connectivity index (χ2n) is 4.63. The second-order valence-corrected chi connectivity index (χ2v) is 4.63. The molecule has 0 radical (unpaired) electrons. The Hall–Kier alpha value is -2.21. The summed E-state index contributed by atoms with van der Waals surface area (Å²) in [6.07, 6.45) is -1.06. The van der Waals surface area contributed by atoms with Gasteiger partial charge in [-0.2, -0.15) is 0 Å². The van der Waals surface area contributed by atoms with E-state index >= 15 is 0 Å². The van der Waals surface area contributed by atoms with E-state index in [1.807, 2.05) is 0 Å². The molecule has 0 spiro atoms. The maximum absolute atomic E-state index is 12.0. The van der Waals surface area contributed by atoms with Gasteiger partial charge in [-0.3, -0.25) is 19.3 Å². The quantitative estimate of drug-likeness (QED) is 0.740. The van der Waals surface area contributed by atoms with Gasteiger partial charge in [0, 0.05) is 24.7 Å². The monoisotopic (exact) mass is 260 g/mol. The molecule has 1 aromatic carbocycles. The van der Waals surface area contributed by atoms with E-state index in [1.54, 1.807) is 6.92 Å². The largest absolute Gasteiger partial charge is 0.369 e. The van der Waals surface area contributed by atoms with E-state index in [2.05, 4.69) is 0 Å². The summed E-state index contributed by atoms with van der Waals surface area (Å²) in [6.45, 7) is 2.00. The van der Waals surface area contributed by atoms with Gasteiger partial charge in [-0.05, 0) is 19.1 Å². The zero-order valence-corrected chi connectivity index (χ0v) is 10.5. The number of hydrogen-bond acceptors (Lipinski definition) is 4. The molecular weight excluding hydrogens is 248 g/mol. The molecule has 1 unspecified atom stereocenters. The lowest BCUT2D eigenvalue weighted by Crippen LogP contribution is -2.29. The van der Waals surface area contributed by atoms with Crippen molar-refractivity contribution < 1.29 is 19.5 Å². The summed E-state index contributed by atoms with van der Waals surface area (Å²) in [5.41, 5.74) is 1.16. The predicted octanol–water partition coefficient (Wildman–Crippen LogP) is 0.379. The van der Waals surface area contributed by atoms with Crippen LogP contribution in [0.15, 0.2) is 12.1 Å². The van der Waals surface area contributed by atoms with Crippen molar-refractivity contribution in [1.82, 2.24) is 9.80 Å². The first kappa shape index (κ1) is 11.9. The SMILES string of the molecule is CCN1C(=O)c2cc3c(cc2C1=O)C(O)N(C)C3=O. The number of amides is 3. The normalized spacial score (nSPS) is 21.2. The number of carbonyl (C=O) groups excluding carboxylic acids is 3. The third kappa shape index (κ3) is 1.31. The van der Waals surface area contributed by atoms with E-state index in [-0.39, 0.29) is 41.0 Å². The summed E-state index contributed by atoms with van der Waals surface area (Å²) in [4.78, 5) is 38.3.